The van der Waals surface area contributed by atoms with E-state index in [1.54, 1.807) is 36.4 Å². The Bertz CT molecular complexity index is 781. The van der Waals surface area contributed by atoms with E-state index in [0.29, 0.717) is 29.2 Å². The Morgan fingerprint density at radius 1 is 0.897 bits per heavy atom. The molecule has 29 heavy (non-hydrogen) atoms. The van der Waals surface area contributed by atoms with Gasteiger partial charge in [0.15, 0.2) is 0 Å². The first-order valence-corrected chi connectivity index (χ1v) is 10.5. The summed E-state index contributed by atoms with van der Waals surface area (Å²) >= 11 is 0. The zero-order chi connectivity index (χ0) is 21.1. The molecule has 0 saturated heterocycles. The van der Waals surface area contributed by atoms with E-state index in [9.17, 15) is 9.59 Å². The molecular formula is C24H32N2O3. The molecule has 2 aromatic carbocycles. The van der Waals surface area contributed by atoms with Crippen LogP contribution >= 0.6 is 0 Å². The van der Waals surface area contributed by atoms with Crippen molar-refractivity contribution in [3.8, 4) is 5.75 Å². The zero-order valence-corrected chi connectivity index (χ0v) is 17.7. The van der Waals surface area contributed by atoms with E-state index in [4.69, 9.17) is 4.74 Å². The highest BCUT2D eigenvalue weighted by Gasteiger charge is 2.14. The number of hydrogen-bond acceptors (Lipinski definition) is 3. The highest BCUT2D eigenvalue weighted by atomic mass is 16.5. The van der Waals surface area contributed by atoms with E-state index in [1.807, 2.05) is 17.0 Å². The molecule has 0 spiro atoms. The predicted molar refractivity (Wildman–Crippen MR) is 118 cm³/mol. The van der Waals surface area contributed by atoms with Gasteiger partial charge in [0.25, 0.3) is 11.8 Å². The van der Waals surface area contributed by atoms with E-state index in [2.05, 4.69) is 26.1 Å². The first-order valence-electron chi connectivity index (χ1n) is 10.5. The molecule has 5 heteroatoms. The van der Waals surface area contributed by atoms with Crippen LogP contribution in [0.3, 0.4) is 0 Å². The number of ether oxygens (including phenoxy) is 1. The smallest absolute Gasteiger partial charge is 0.255 e. The van der Waals surface area contributed by atoms with Gasteiger partial charge in [-0.2, -0.15) is 0 Å². The monoisotopic (exact) mass is 396 g/mol. The van der Waals surface area contributed by atoms with E-state index < -0.39 is 0 Å². The van der Waals surface area contributed by atoms with E-state index in [1.165, 1.54) is 0 Å². The molecule has 0 unspecified atom stereocenters. The van der Waals surface area contributed by atoms with Crippen LogP contribution in [0.15, 0.2) is 48.5 Å². The predicted octanol–water partition coefficient (Wildman–Crippen LogP) is 5.38. The molecule has 0 aliphatic rings. The van der Waals surface area contributed by atoms with Crippen molar-refractivity contribution in [2.75, 3.05) is 25.0 Å². The molecule has 2 aromatic rings. The lowest BCUT2D eigenvalue weighted by Gasteiger charge is -2.21. The lowest BCUT2D eigenvalue weighted by atomic mass is 10.1. The average Bonchev–Trinajstić information content (AvgIpc) is 2.74. The van der Waals surface area contributed by atoms with E-state index >= 15 is 0 Å². The Labute approximate surface area is 174 Å². The summed E-state index contributed by atoms with van der Waals surface area (Å²) in [4.78, 5) is 27.1. The van der Waals surface area contributed by atoms with Gasteiger partial charge < -0.3 is 15.0 Å². The first kappa shape index (κ1) is 22.5. The molecule has 0 fully saturated rings. The lowest BCUT2D eigenvalue weighted by Crippen LogP contribution is -2.32. The van der Waals surface area contributed by atoms with Crippen molar-refractivity contribution in [1.82, 2.24) is 4.90 Å². The summed E-state index contributed by atoms with van der Waals surface area (Å²) < 4.78 is 5.67. The summed E-state index contributed by atoms with van der Waals surface area (Å²) in [6.45, 7) is 8.39. The summed E-state index contributed by atoms with van der Waals surface area (Å²) in [6, 6.07) is 14.2. The summed E-state index contributed by atoms with van der Waals surface area (Å²) in [5.41, 5.74) is 1.83. The van der Waals surface area contributed by atoms with Gasteiger partial charge in [-0.25, -0.2) is 0 Å². The van der Waals surface area contributed by atoms with Crippen molar-refractivity contribution >= 4 is 17.5 Å². The number of benzene rings is 2. The number of nitrogens with one attached hydrogen (secondary N) is 1. The fourth-order valence-corrected chi connectivity index (χ4v) is 3.00. The molecule has 0 aliphatic carbocycles. The normalized spacial score (nSPS) is 10.4. The Kier molecular flexibility index (Phi) is 9.22. The van der Waals surface area contributed by atoms with Gasteiger partial charge in [-0.3, -0.25) is 9.59 Å². The molecule has 0 bridgehead atoms. The van der Waals surface area contributed by atoms with Crippen molar-refractivity contribution in [3.63, 3.8) is 0 Å². The Balaban J connectivity index is 2.01. The van der Waals surface area contributed by atoms with Crippen LogP contribution in [0, 0.1) is 0 Å². The maximum atomic E-state index is 12.6. The zero-order valence-electron chi connectivity index (χ0n) is 17.7. The summed E-state index contributed by atoms with van der Waals surface area (Å²) in [7, 11) is 0. The van der Waals surface area contributed by atoms with Crippen LogP contribution in [0.2, 0.25) is 0 Å². The van der Waals surface area contributed by atoms with Crippen molar-refractivity contribution in [2.24, 2.45) is 0 Å². The molecule has 0 saturated carbocycles. The second kappa shape index (κ2) is 11.9. The third-order valence-electron chi connectivity index (χ3n) is 4.53. The maximum absolute atomic E-state index is 12.6. The van der Waals surface area contributed by atoms with Crippen LogP contribution in [-0.2, 0) is 0 Å². The summed E-state index contributed by atoms with van der Waals surface area (Å²) in [6.07, 6.45) is 3.91. The number of carbonyl (C=O) groups is 2. The minimum Gasteiger partial charge on any atom is -0.494 e. The number of hydrogen-bond donors (Lipinski definition) is 1. The van der Waals surface area contributed by atoms with Gasteiger partial charge in [-0.1, -0.05) is 33.3 Å². The van der Waals surface area contributed by atoms with Crippen LogP contribution in [0.25, 0.3) is 0 Å². The SMILES string of the molecule is CCCCOc1cccc(C(=O)Nc2ccc(C(=O)N(CCC)CCC)cc2)c1. The molecule has 156 valence electrons. The molecule has 2 amide bonds. The minimum atomic E-state index is -0.205. The van der Waals surface area contributed by atoms with Crippen LogP contribution in [0.4, 0.5) is 5.69 Å². The minimum absolute atomic E-state index is 0.0310. The third-order valence-corrected chi connectivity index (χ3v) is 4.53. The molecule has 0 aliphatic heterocycles. The van der Waals surface area contributed by atoms with Crippen LogP contribution in [0.1, 0.15) is 67.2 Å². The summed E-state index contributed by atoms with van der Waals surface area (Å²) in [5.74, 6) is 0.520. The van der Waals surface area contributed by atoms with Crippen molar-refractivity contribution in [3.05, 3.63) is 59.7 Å². The number of rotatable bonds is 11. The number of carbonyl (C=O) groups excluding carboxylic acids is 2. The van der Waals surface area contributed by atoms with E-state index in [-0.39, 0.29) is 11.8 Å². The quantitative estimate of drug-likeness (QED) is 0.519. The third kappa shape index (κ3) is 6.93. The topological polar surface area (TPSA) is 58.6 Å². The second-order valence-electron chi connectivity index (χ2n) is 7.05. The van der Waals surface area contributed by atoms with E-state index in [0.717, 1.165) is 38.8 Å². The number of anilines is 1. The highest BCUT2D eigenvalue weighted by molar-refractivity contribution is 6.04. The van der Waals surface area contributed by atoms with Crippen molar-refractivity contribution < 1.29 is 14.3 Å². The summed E-state index contributed by atoms with van der Waals surface area (Å²) in [5, 5.41) is 2.88. The second-order valence-corrected chi connectivity index (χ2v) is 7.05. The molecular weight excluding hydrogens is 364 g/mol. The van der Waals surface area contributed by atoms with Gasteiger partial charge in [0, 0.05) is 29.9 Å². The van der Waals surface area contributed by atoms with Gasteiger partial charge in [0.1, 0.15) is 5.75 Å². The van der Waals surface area contributed by atoms with Crippen molar-refractivity contribution in [1.29, 1.82) is 0 Å². The number of amides is 2. The average molecular weight is 397 g/mol. The Hall–Kier alpha value is -2.82. The standard InChI is InChI=1S/C24H32N2O3/c1-4-7-17-29-22-10-8-9-20(18-22)23(27)25-21-13-11-19(12-14-21)24(28)26(15-5-2)16-6-3/h8-14,18H,4-7,15-17H2,1-3H3,(H,25,27). The van der Waals surface area contributed by atoms with Crippen LogP contribution < -0.4 is 10.1 Å². The molecule has 0 aromatic heterocycles. The fourth-order valence-electron chi connectivity index (χ4n) is 3.00. The van der Waals surface area contributed by atoms with Gasteiger partial charge in [-0.05, 0) is 61.7 Å². The fraction of sp³-hybridized carbons (Fsp3) is 0.417. The van der Waals surface area contributed by atoms with Gasteiger partial charge in [0.2, 0.25) is 0 Å². The van der Waals surface area contributed by atoms with Crippen molar-refractivity contribution in [2.45, 2.75) is 46.5 Å². The molecule has 1 N–H and O–H groups in total. The van der Waals surface area contributed by atoms with Crippen LogP contribution in [0.5, 0.6) is 5.75 Å². The largest absolute Gasteiger partial charge is 0.494 e. The maximum Gasteiger partial charge on any atom is 0.255 e. The molecule has 2 rings (SSSR count). The van der Waals surface area contributed by atoms with Gasteiger partial charge >= 0.3 is 0 Å². The first-order chi connectivity index (χ1) is 14.1. The molecule has 5 nitrogen and oxygen atoms in total. The van der Waals surface area contributed by atoms with Crippen LogP contribution in [-0.4, -0.2) is 36.4 Å². The Morgan fingerprint density at radius 3 is 2.21 bits per heavy atom. The number of unbranched alkanes of at least 4 members (excludes halogenated alkanes) is 1. The lowest BCUT2D eigenvalue weighted by molar-refractivity contribution is 0.0755. The highest BCUT2D eigenvalue weighted by Crippen LogP contribution is 2.17. The number of nitrogens with zero attached hydrogens (tertiary/aromatic N) is 1. The molecule has 0 atom stereocenters. The molecule has 0 heterocycles. The Morgan fingerprint density at radius 2 is 1.59 bits per heavy atom. The molecule has 0 radical (unpaired) electrons. The van der Waals surface area contributed by atoms with Gasteiger partial charge in [-0.15, -0.1) is 0 Å². The van der Waals surface area contributed by atoms with Gasteiger partial charge in [0.05, 0.1) is 6.61 Å².